The van der Waals surface area contributed by atoms with Crippen LogP contribution >= 0.6 is 0 Å². The highest BCUT2D eigenvalue weighted by Crippen LogP contribution is 2.26. The van der Waals surface area contributed by atoms with Gasteiger partial charge in [0.25, 0.3) is 0 Å². The normalized spacial score (nSPS) is 29.9. The first-order chi connectivity index (χ1) is 5.61. The molecule has 1 amide bonds. The Bertz CT molecular complexity index is 167. The molecular formula is C10H19NO. The lowest BCUT2D eigenvalue weighted by atomic mass is 9.86. The van der Waals surface area contributed by atoms with E-state index < -0.39 is 0 Å². The lowest BCUT2D eigenvalue weighted by Crippen LogP contribution is -2.38. The first kappa shape index (κ1) is 9.56. The summed E-state index contributed by atoms with van der Waals surface area (Å²) in [5.41, 5.74) is 0. The third-order valence-electron chi connectivity index (χ3n) is 2.95. The molecule has 0 heterocycles. The van der Waals surface area contributed by atoms with Crippen LogP contribution in [0.4, 0.5) is 0 Å². The molecule has 0 N–H and O–H groups in total. The lowest BCUT2D eigenvalue weighted by molar-refractivity contribution is -0.130. The summed E-state index contributed by atoms with van der Waals surface area (Å²) in [6.45, 7) is 3.93. The van der Waals surface area contributed by atoms with E-state index in [9.17, 15) is 4.79 Å². The Morgan fingerprint density at radius 1 is 1.42 bits per heavy atom. The van der Waals surface area contributed by atoms with Crippen molar-refractivity contribution in [1.29, 1.82) is 0 Å². The maximum absolute atomic E-state index is 11.1. The van der Waals surface area contributed by atoms with Gasteiger partial charge in [0.15, 0.2) is 0 Å². The van der Waals surface area contributed by atoms with Crippen LogP contribution in [0.15, 0.2) is 0 Å². The summed E-state index contributed by atoms with van der Waals surface area (Å²) in [5, 5.41) is 0. The van der Waals surface area contributed by atoms with E-state index in [0.717, 1.165) is 5.92 Å². The molecule has 0 aromatic rings. The van der Waals surface area contributed by atoms with Crippen LogP contribution in [-0.4, -0.2) is 23.9 Å². The molecule has 2 heteroatoms. The monoisotopic (exact) mass is 169 g/mol. The minimum absolute atomic E-state index is 0.203. The molecular weight excluding hydrogens is 150 g/mol. The molecule has 1 saturated carbocycles. The average molecular weight is 169 g/mol. The number of carbonyl (C=O) groups is 1. The molecule has 0 radical (unpaired) electrons. The predicted molar refractivity (Wildman–Crippen MR) is 49.9 cm³/mol. The van der Waals surface area contributed by atoms with Crippen LogP contribution in [0.2, 0.25) is 0 Å². The zero-order valence-electron chi connectivity index (χ0n) is 8.34. The molecule has 1 unspecified atom stereocenters. The van der Waals surface area contributed by atoms with Crippen molar-refractivity contribution in [3.8, 4) is 0 Å². The van der Waals surface area contributed by atoms with E-state index in [4.69, 9.17) is 0 Å². The highest BCUT2D eigenvalue weighted by molar-refractivity contribution is 5.73. The Hall–Kier alpha value is -0.530. The summed E-state index contributed by atoms with van der Waals surface area (Å²) in [7, 11) is 1.92. The number of carbonyl (C=O) groups excluding carboxylic acids is 1. The van der Waals surface area contributed by atoms with E-state index in [1.165, 1.54) is 25.7 Å². The van der Waals surface area contributed by atoms with Gasteiger partial charge in [0.1, 0.15) is 0 Å². The third-order valence-corrected chi connectivity index (χ3v) is 2.95. The highest BCUT2D eigenvalue weighted by Gasteiger charge is 2.23. The van der Waals surface area contributed by atoms with Crippen molar-refractivity contribution in [3.05, 3.63) is 0 Å². The zero-order valence-corrected chi connectivity index (χ0v) is 8.34. The Morgan fingerprint density at radius 2 is 2.08 bits per heavy atom. The van der Waals surface area contributed by atoms with Crippen LogP contribution in [-0.2, 0) is 4.79 Å². The molecule has 2 nitrogen and oxygen atoms in total. The van der Waals surface area contributed by atoms with Crippen molar-refractivity contribution in [2.75, 3.05) is 7.05 Å². The maximum atomic E-state index is 11.1. The van der Waals surface area contributed by atoms with Gasteiger partial charge in [0, 0.05) is 20.0 Å². The van der Waals surface area contributed by atoms with Gasteiger partial charge in [0.05, 0.1) is 0 Å². The molecule has 0 aliphatic heterocycles. The zero-order chi connectivity index (χ0) is 9.14. The highest BCUT2D eigenvalue weighted by atomic mass is 16.2. The molecule has 0 spiro atoms. The minimum Gasteiger partial charge on any atom is -0.343 e. The van der Waals surface area contributed by atoms with Gasteiger partial charge < -0.3 is 4.90 Å². The van der Waals surface area contributed by atoms with Gasteiger partial charge in [-0.2, -0.15) is 0 Å². The fourth-order valence-electron chi connectivity index (χ4n) is 2.01. The Morgan fingerprint density at radius 3 is 2.58 bits per heavy atom. The number of nitrogens with zero attached hydrogens (tertiary/aromatic N) is 1. The number of amides is 1. The SMILES string of the molecule is CC(=O)N(C)C1CCC[C@@H](C)C1. The topological polar surface area (TPSA) is 20.3 Å². The molecule has 1 fully saturated rings. The molecule has 1 aliphatic rings. The second-order valence-corrected chi connectivity index (χ2v) is 4.06. The maximum Gasteiger partial charge on any atom is 0.219 e. The van der Waals surface area contributed by atoms with Crippen molar-refractivity contribution >= 4 is 5.91 Å². The molecule has 2 atom stereocenters. The fourth-order valence-corrected chi connectivity index (χ4v) is 2.01. The smallest absolute Gasteiger partial charge is 0.219 e. The molecule has 1 rings (SSSR count). The van der Waals surface area contributed by atoms with Crippen molar-refractivity contribution in [2.24, 2.45) is 5.92 Å². The molecule has 1 aliphatic carbocycles. The van der Waals surface area contributed by atoms with Crippen LogP contribution in [0, 0.1) is 5.92 Å². The number of hydrogen-bond donors (Lipinski definition) is 0. The lowest BCUT2D eigenvalue weighted by Gasteiger charge is -2.33. The predicted octanol–water partition coefficient (Wildman–Crippen LogP) is 2.04. The van der Waals surface area contributed by atoms with Gasteiger partial charge in [-0.1, -0.05) is 19.8 Å². The summed E-state index contributed by atoms with van der Waals surface area (Å²) in [6.07, 6.45) is 5.00. The quantitative estimate of drug-likeness (QED) is 0.588. The van der Waals surface area contributed by atoms with Crippen molar-refractivity contribution in [2.45, 2.75) is 45.6 Å². The van der Waals surface area contributed by atoms with Crippen LogP contribution < -0.4 is 0 Å². The van der Waals surface area contributed by atoms with Crippen LogP contribution in [0.5, 0.6) is 0 Å². The molecule has 0 saturated heterocycles. The van der Waals surface area contributed by atoms with E-state index in [-0.39, 0.29) is 5.91 Å². The van der Waals surface area contributed by atoms with E-state index >= 15 is 0 Å². The summed E-state index contributed by atoms with van der Waals surface area (Å²) >= 11 is 0. The first-order valence-corrected chi connectivity index (χ1v) is 4.84. The summed E-state index contributed by atoms with van der Waals surface area (Å²) in [6, 6.07) is 0.506. The standard InChI is InChI=1S/C10H19NO/c1-8-5-4-6-10(7-8)11(3)9(2)12/h8,10H,4-7H2,1-3H3/t8-,10?/m1/s1. The molecule has 0 aromatic heterocycles. The van der Waals surface area contributed by atoms with Gasteiger partial charge in [-0.25, -0.2) is 0 Å². The van der Waals surface area contributed by atoms with Crippen LogP contribution in [0.3, 0.4) is 0 Å². The molecule has 70 valence electrons. The van der Waals surface area contributed by atoms with Crippen LogP contribution in [0.1, 0.15) is 39.5 Å². The number of hydrogen-bond acceptors (Lipinski definition) is 1. The van der Waals surface area contributed by atoms with Gasteiger partial charge in [-0.05, 0) is 18.8 Å². The van der Waals surface area contributed by atoms with Crippen molar-refractivity contribution < 1.29 is 4.79 Å². The largest absolute Gasteiger partial charge is 0.343 e. The van der Waals surface area contributed by atoms with Crippen molar-refractivity contribution in [3.63, 3.8) is 0 Å². The summed E-state index contributed by atoms with van der Waals surface area (Å²) < 4.78 is 0. The third kappa shape index (κ3) is 2.23. The molecule has 12 heavy (non-hydrogen) atoms. The van der Waals surface area contributed by atoms with Gasteiger partial charge in [-0.15, -0.1) is 0 Å². The molecule has 0 aromatic carbocycles. The Labute approximate surface area is 74.9 Å². The fraction of sp³-hybridized carbons (Fsp3) is 0.900. The Kier molecular flexibility index (Phi) is 3.12. The second-order valence-electron chi connectivity index (χ2n) is 4.06. The van der Waals surface area contributed by atoms with Gasteiger partial charge in [-0.3, -0.25) is 4.79 Å². The van der Waals surface area contributed by atoms with Gasteiger partial charge in [0.2, 0.25) is 5.91 Å². The van der Waals surface area contributed by atoms with Crippen molar-refractivity contribution in [1.82, 2.24) is 4.90 Å². The van der Waals surface area contributed by atoms with E-state index in [1.807, 2.05) is 11.9 Å². The van der Waals surface area contributed by atoms with Gasteiger partial charge >= 0.3 is 0 Å². The summed E-state index contributed by atoms with van der Waals surface area (Å²) in [5.74, 6) is 1.000. The van der Waals surface area contributed by atoms with E-state index in [2.05, 4.69) is 6.92 Å². The average Bonchev–Trinajstić information content (AvgIpc) is 2.03. The first-order valence-electron chi connectivity index (χ1n) is 4.84. The van der Waals surface area contributed by atoms with E-state index in [1.54, 1.807) is 6.92 Å². The number of rotatable bonds is 1. The summed E-state index contributed by atoms with van der Waals surface area (Å²) in [4.78, 5) is 13.0. The second kappa shape index (κ2) is 3.92. The minimum atomic E-state index is 0.203. The van der Waals surface area contributed by atoms with E-state index in [0.29, 0.717) is 6.04 Å². The molecule has 0 bridgehead atoms. The van der Waals surface area contributed by atoms with Crippen LogP contribution in [0.25, 0.3) is 0 Å². The Balaban J connectivity index is 2.45.